The molecule has 1 fully saturated rings. The molecule has 0 N–H and O–H groups in total. The maximum atomic E-state index is 11.5. The standard InChI is InChI=1S/C9H17NO2/c1-8(11)9(10(2)3)4-6-12-7-5-9/h4-7H2,1-3H3. The molecule has 1 saturated heterocycles. The second-order valence-electron chi connectivity index (χ2n) is 3.59. The number of ether oxygens (including phenoxy) is 1. The van der Waals surface area contributed by atoms with Crippen molar-refractivity contribution in [2.45, 2.75) is 25.3 Å². The van der Waals surface area contributed by atoms with Crippen molar-refractivity contribution in [2.75, 3.05) is 27.3 Å². The van der Waals surface area contributed by atoms with Crippen LogP contribution in [-0.4, -0.2) is 43.5 Å². The summed E-state index contributed by atoms with van der Waals surface area (Å²) in [5.74, 6) is 0.260. The smallest absolute Gasteiger partial charge is 0.150 e. The first-order valence-corrected chi connectivity index (χ1v) is 4.36. The van der Waals surface area contributed by atoms with Gasteiger partial charge in [0.2, 0.25) is 0 Å². The van der Waals surface area contributed by atoms with E-state index in [0.29, 0.717) is 13.2 Å². The Morgan fingerprint density at radius 3 is 2.08 bits per heavy atom. The Labute approximate surface area is 73.7 Å². The van der Waals surface area contributed by atoms with Crippen molar-refractivity contribution < 1.29 is 9.53 Å². The van der Waals surface area contributed by atoms with Crippen LogP contribution in [0.15, 0.2) is 0 Å². The largest absolute Gasteiger partial charge is 0.381 e. The number of carbonyl (C=O) groups is 1. The van der Waals surface area contributed by atoms with E-state index in [9.17, 15) is 4.79 Å². The predicted molar refractivity (Wildman–Crippen MR) is 47.2 cm³/mol. The van der Waals surface area contributed by atoms with Crippen LogP contribution < -0.4 is 0 Å². The van der Waals surface area contributed by atoms with Crippen molar-refractivity contribution in [2.24, 2.45) is 0 Å². The summed E-state index contributed by atoms with van der Waals surface area (Å²) < 4.78 is 5.25. The first-order valence-electron chi connectivity index (χ1n) is 4.36. The van der Waals surface area contributed by atoms with Gasteiger partial charge in [-0.3, -0.25) is 9.69 Å². The Kier molecular flexibility index (Phi) is 2.85. The van der Waals surface area contributed by atoms with Gasteiger partial charge in [-0.2, -0.15) is 0 Å². The fourth-order valence-electron chi connectivity index (χ4n) is 1.82. The van der Waals surface area contributed by atoms with E-state index < -0.39 is 0 Å². The van der Waals surface area contributed by atoms with Gasteiger partial charge < -0.3 is 4.74 Å². The third-order valence-corrected chi connectivity index (χ3v) is 2.83. The molecule has 0 amide bonds. The zero-order valence-corrected chi connectivity index (χ0v) is 8.09. The number of ketones is 1. The summed E-state index contributed by atoms with van der Waals surface area (Å²) in [6.45, 7) is 3.08. The van der Waals surface area contributed by atoms with Gasteiger partial charge in [0.15, 0.2) is 0 Å². The average molecular weight is 171 g/mol. The van der Waals surface area contributed by atoms with Crippen LogP contribution in [-0.2, 0) is 9.53 Å². The quantitative estimate of drug-likeness (QED) is 0.612. The van der Waals surface area contributed by atoms with Crippen molar-refractivity contribution in [1.29, 1.82) is 0 Å². The maximum absolute atomic E-state index is 11.5. The van der Waals surface area contributed by atoms with E-state index in [2.05, 4.69) is 0 Å². The van der Waals surface area contributed by atoms with E-state index in [1.54, 1.807) is 6.92 Å². The van der Waals surface area contributed by atoms with Crippen molar-refractivity contribution in [1.82, 2.24) is 4.90 Å². The number of nitrogens with zero attached hydrogens (tertiary/aromatic N) is 1. The molecule has 0 atom stereocenters. The Morgan fingerprint density at radius 2 is 1.83 bits per heavy atom. The molecule has 0 aromatic rings. The average Bonchev–Trinajstić information content (AvgIpc) is 2.05. The summed E-state index contributed by atoms with van der Waals surface area (Å²) in [7, 11) is 3.93. The minimum Gasteiger partial charge on any atom is -0.381 e. The normalized spacial score (nSPS) is 22.7. The maximum Gasteiger partial charge on any atom is 0.150 e. The molecule has 1 aliphatic rings. The molecular weight excluding hydrogens is 154 g/mol. The van der Waals surface area contributed by atoms with E-state index in [-0.39, 0.29) is 11.3 Å². The number of carbonyl (C=O) groups excluding carboxylic acids is 1. The van der Waals surface area contributed by atoms with Gasteiger partial charge in [-0.15, -0.1) is 0 Å². The Balaban J connectivity index is 2.77. The molecule has 1 heterocycles. The van der Waals surface area contributed by atoms with Crippen LogP contribution >= 0.6 is 0 Å². The molecule has 12 heavy (non-hydrogen) atoms. The van der Waals surface area contributed by atoms with E-state index in [4.69, 9.17) is 4.74 Å². The molecule has 1 aliphatic heterocycles. The summed E-state index contributed by atoms with van der Waals surface area (Å²) in [6, 6.07) is 0. The van der Waals surface area contributed by atoms with Crippen molar-refractivity contribution in [3.8, 4) is 0 Å². The fraction of sp³-hybridized carbons (Fsp3) is 0.889. The van der Waals surface area contributed by atoms with Crippen molar-refractivity contribution in [3.05, 3.63) is 0 Å². The second-order valence-corrected chi connectivity index (χ2v) is 3.59. The lowest BCUT2D eigenvalue weighted by molar-refractivity contribution is -0.133. The van der Waals surface area contributed by atoms with Gasteiger partial charge in [0.25, 0.3) is 0 Å². The molecular formula is C9H17NO2. The molecule has 0 unspecified atom stereocenters. The highest BCUT2D eigenvalue weighted by Gasteiger charge is 2.39. The minimum atomic E-state index is -0.252. The van der Waals surface area contributed by atoms with Gasteiger partial charge in [-0.25, -0.2) is 0 Å². The third-order valence-electron chi connectivity index (χ3n) is 2.83. The number of rotatable bonds is 2. The van der Waals surface area contributed by atoms with Crippen LogP contribution in [0, 0.1) is 0 Å². The first kappa shape index (κ1) is 9.68. The lowest BCUT2D eigenvalue weighted by Gasteiger charge is -2.40. The zero-order valence-electron chi connectivity index (χ0n) is 8.09. The molecule has 0 radical (unpaired) electrons. The molecule has 3 heteroatoms. The second kappa shape index (κ2) is 3.54. The molecule has 0 bridgehead atoms. The first-order chi connectivity index (χ1) is 5.59. The van der Waals surface area contributed by atoms with E-state index in [0.717, 1.165) is 12.8 Å². The predicted octanol–water partition coefficient (Wildman–Crippen LogP) is 0.686. The van der Waals surface area contributed by atoms with Gasteiger partial charge in [-0.1, -0.05) is 0 Å². The number of likely N-dealkylation sites (N-methyl/N-ethyl adjacent to an activating group) is 1. The molecule has 3 nitrogen and oxygen atoms in total. The Morgan fingerprint density at radius 1 is 1.33 bits per heavy atom. The number of hydrogen-bond donors (Lipinski definition) is 0. The molecule has 0 aromatic heterocycles. The molecule has 0 saturated carbocycles. The van der Waals surface area contributed by atoms with Crippen LogP contribution in [0.5, 0.6) is 0 Å². The van der Waals surface area contributed by atoms with Crippen LogP contribution in [0.3, 0.4) is 0 Å². The summed E-state index contributed by atoms with van der Waals surface area (Å²) in [5.41, 5.74) is -0.252. The highest BCUT2D eigenvalue weighted by Crippen LogP contribution is 2.26. The van der Waals surface area contributed by atoms with Gasteiger partial charge in [-0.05, 0) is 33.9 Å². The van der Waals surface area contributed by atoms with E-state index >= 15 is 0 Å². The SMILES string of the molecule is CC(=O)C1(N(C)C)CCOCC1. The highest BCUT2D eigenvalue weighted by atomic mass is 16.5. The van der Waals surface area contributed by atoms with Gasteiger partial charge >= 0.3 is 0 Å². The van der Waals surface area contributed by atoms with Crippen LogP contribution in [0.4, 0.5) is 0 Å². The number of hydrogen-bond acceptors (Lipinski definition) is 3. The summed E-state index contributed by atoms with van der Waals surface area (Å²) >= 11 is 0. The summed E-state index contributed by atoms with van der Waals surface area (Å²) in [4.78, 5) is 13.5. The van der Waals surface area contributed by atoms with Gasteiger partial charge in [0, 0.05) is 13.2 Å². The highest BCUT2D eigenvalue weighted by molar-refractivity contribution is 5.86. The summed E-state index contributed by atoms with van der Waals surface area (Å²) in [6.07, 6.45) is 1.66. The van der Waals surface area contributed by atoms with Crippen molar-refractivity contribution >= 4 is 5.78 Å². The Hall–Kier alpha value is -0.410. The van der Waals surface area contributed by atoms with Crippen LogP contribution in [0.2, 0.25) is 0 Å². The lowest BCUT2D eigenvalue weighted by atomic mass is 9.85. The summed E-state index contributed by atoms with van der Waals surface area (Å²) in [5, 5.41) is 0. The van der Waals surface area contributed by atoms with Crippen LogP contribution in [0.25, 0.3) is 0 Å². The molecule has 0 aliphatic carbocycles. The molecule has 70 valence electrons. The van der Waals surface area contributed by atoms with E-state index in [1.165, 1.54) is 0 Å². The van der Waals surface area contributed by atoms with Crippen LogP contribution in [0.1, 0.15) is 19.8 Å². The molecule has 0 spiro atoms. The van der Waals surface area contributed by atoms with Crippen molar-refractivity contribution in [3.63, 3.8) is 0 Å². The minimum absolute atomic E-state index is 0.252. The van der Waals surface area contributed by atoms with Gasteiger partial charge in [0.05, 0.1) is 5.54 Å². The zero-order chi connectivity index (χ0) is 9.19. The number of Topliss-reactive ketones (excluding diaryl/α,β-unsaturated/α-hetero) is 1. The van der Waals surface area contributed by atoms with E-state index in [1.807, 2.05) is 19.0 Å². The fourth-order valence-corrected chi connectivity index (χ4v) is 1.82. The molecule has 0 aromatic carbocycles. The lowest BCUT2D eigenvalue weighted by Crippen LogP contribution is -2.53. The topological polar surface area (TPSA) is 29.5 Å². The Bertz CT molecular complexity index is 171. The van der Waals surface area contributed by atoms with Gasteiger partial charge in [0.1, 0.15) is 5.78 Å². The monoisotopic (exact) mass is 171 g/mol. The molecule has 1 rings (SSSR count). The third kappa shape index (κ3) is 1.52.